The highest BCUT2D eigenvalue weighted by Gasteiger charge is 2.31. The maximum absolute atomic E-state index is 13.3. The predicted octanol–water partition coefficient (Wildman–Crippen LogP) is 3.85. The molecule has 0 atom stereocenters. The zero-order valence-electron chi connectivity index (χ0n) is 21.6. The van der Waals surface area contributed by atoms with Crippen molar-refractivity contribution in [3.05, 3.63) is 63.7 Å². The van der Waals surface area contributed by atoms with E-state index in [4.69, 9.17) is 4.74 Å². The standard InChI is InChI=1S/C28H32N6O3S/c1-37-22-2-3-23-20(16-22)5-14-34(28(36)31-23)21-6-11-32(12-7-21)26-17-24(29-18-30-26)27(35)33-10-4-19-9-15-38-25(19)8-13-33/h2-3,9,15-18,21H,4-8,10-14H2,1H3,(H,31,36). The van der Waals surface area contributed by atoms with E-state index in [-0.39, 0.29) is 18.0 Å². The first-order valence-electron chi connectivity index (χ1n) is 13.2. The third-order valence-corrected chi connectivity index (χ3v) is 8.95. The summed E-state index contributed by atoms with van der Waals surface area (Å²) in [7, 11) is 1.65. The molecule has 3 aliphatic heterocycles. The van der Waals surface area contributed by atoms with Crippen molar-refractivity contribution in [3.63, 3.8) is 0 Å². The number of carbonyl (C=O) groups excluding carboxylic acids is 2. The molecule has 1 N–H and O–H groups in total. The second-order valence-electron chi connectivity index (χ2n) is 10.0. The highest BCUT2D eigenvalue weighted by atomic mass is 32.1. The number of thiophene rings is 1. The van der Waals surface area contributed by atoms with E-state index in [1.165, 1.54) is 16.8 Å². The van der Waals surface area contributed by atoms with Crippen molar-refractivity contribution < 1.29 is 14.3 Å². The summed E-state index contributed by atoms with van der Waals surface area (Å²) in [5.41, 5.74) is 3.76. The van der Waals surface area contributed by atoms with Crippen molar-refractivity contribution in [2.75, 3.05) is 50.1 Å². The minimum atomic E-state index is -0.0471. The van der Waals surface area contributed by atoms with Crippen molar-refractivity contribution in [2.24, 2.45) is 0 Å². The van der Waals surface area contributed by atoms with Gasteiger partial charge in [0.1, 0.15) is 23.6 Å². The number of fused-ring (bicyclic) bond motifs is 2. The molecule has 0 saturated carbocycles. The lowest BCUT2D eigenvalue weighted by atomic mass is 10.0. The van der Waals surface area contributed by atoms with Crippen LogP contribution in [0.15, 0.2) is 42.0 Å². The summed E-state index contributed by atoms with van der Waals surface area (Å²) in [6, 6.07) is 9.90. The van der Waals surface area contributed by atoms with E-state index in [9.17, 15) is 9.59 Å². The molecule has 0 aliphatic carbocycles. The SMILES string of the molecule is COc1ccc2c(c1)CCN(C1CCN(c3cc(C(=O)N4CCc5ccsc5CC4)ncn3)CC1)C(=O)N2. The Morgan fingerprint density at radius 2 is 1.82 bits per heavy atom. The van der Waals surface area contributed by atoms with E-state index in [0.717, 1.165) is 68.0 Å². The molecule has 1 fully saturated rings. The average Bonchev–Trinajstić information content (AvgIpc) is 3.22. The van der Waals surface area contributed by atoms with Gasteiger partial charge in [0.15, 0.2) is 0 Å². The molecule has 0 unspecified atom stereocenters. The summed E-state index contributed by atoms with van der Waals surface area (Å²) in [6.45, 7) is 3.63. The van der Waals surface area contributed by atoms with Gasteiger partial charge in [-0.1, -0.05) is 0 Å². The molecule has 38 heavy (non-hydrogen) atoms. The normalized spacial score (nSPS) is 18.2. The van der Waals surface area contributed by atoms with Crippen LogP contribution in [0.3, 0.4) is 0 Å². The fourth-order valence-corrected chi connectivity index (χ4v) is 6.65. The van der Waals surface area contributed by atoms with Crippen molar-refractivity contribution in [2.45, 2.75) is 38.1 Å². The van der Waals surface area contributed by atoms with Gasteiger partial charge in [0, 0.05) is 55.4 Å². The van der Waals surface area contributed by atoms with Gasteiger partial charge in [0.05, 0.1) is 7.11 Å². The largest absolute Gasteiger partial charge is 0.497 e. The number of nitrogens with zero attached hydrogens (tertiary/aromatic N) is 5. The van der Waals surface area contributed by atoms with E-state index in [1.54, 1.807) is 18.4 Å². The number of benzene rings is 1. The van der Waals surface area contributed by atoms with Gasteiger partial charge in [-0.15, -0.1) is 11.3 Å². The van der Waals surface area contributed by atoms with Crippen LogP contribution in [0.2, 0.25) is 0 Å². The molecule has 6 rings (SSSR count). The molecule has 2 aromatic heterocycles. The summed E-state index contributed by atoms with van der Waals surface area (Å²) >= 11 is 1.78. The highest BCUT2D eigenvalue weighted by Crippen LogP contribution is 2.29. The van der Waals surface area contributed by atoms with Crippen molar-refractivity contribution in [1.29, 1.82) is 0 Å². The van der Waals surface area contributed by atoms with Crippen LogP contribution in [-0.2, 0) is 19.3 Å². The predicted molar refractivity (Wildman–Crippen MR) is 147 cm³/mol. The van der Waals surface area contributed by atoms with Crippen LogP contribution in [0.5, 0.6) is 5.75 Å². The summed E-state index contributed by atoms with van der Waals surface area (Å²) in [4.78, 5) is 42.6. The molecule has 10 heteroatoms. The third kappa shape index (κ3) is 4.92. The number of ether oxygens (including phenoxy) is 1. The molecule has 3 aliphatic rings. The number of rotatable bonds is 4. The van der Waals surface area contributed by atoms with Crippen LogP contribution in [0, 0.1) is 0 Å². The Morgan fingerprint density at radius 3 is 2.66 bits per heavy atom. The van der Waals surface area contributed by atoms with E-state index in [2.05, 4.69) is 31.6 Å². The first-order valence-corrected chi connectivity index (χ1v) is 14.1. The number of aromatic nitrogens is 2. The lowest BCUT2D eigenvalue weighted by Gasteiger charge is -2.38. The molecule has 0 radical (unpaired) electrons. The van der Waals surface area contributed by atoms with Crippen LogP contribution in [0.25, 0.3) is 0 Å². The van der Waals surface area contributed by atoms with Crippen molar-refractivity contribution >= 4 is 34.8 Å². The Kier molecular flexibility index (Phi) is 6.88. The van der Waals surface area contributed by atoms with Gasteiger partial charge >= 0.3 is 6.03 Å². The quantitative estimate of drug-likeness (QED) is 0.549. The minimum absolute atomic E-state index is 0.0314. The van der Waals surface area contributed by atoms with Gasteiger partial charge in [0.2, 0.25) is 0 Å². The van der Waals surface area contributed by atoms with Crippen molar-refractivity contribution in [3.8, 4) is 5.75 Å². The minimum Gasteiger partial charge on any atom is -0.497 e. The Bertz CT molecular complexity index is 1310. The molecule has 0 bridgehead atoms. The number of anilines is 2. The fraction of sp³-hybridized carbons (Fsp3) is 0.429. The van der Waals surface area contributed by atoms with Crippen LogP contribution in [-0.4, -0.2) is 77.6 Å². The van der Waals surface area contributed by atoms with Gasteiger partial charge < -0.3 is 24.8 Å². The Labute approximate surface area is 226 Å². The van der Waals surface area contributed by atoms with E-state index < -0.39 is 0 Å². The topological polar surface area (TPSA) is 90.9 Å². The van der Waals surface area contributed by atoms with E-state index in [1.807, 2.05) is 34.1 Å². The lowest BCUT2D eigenvalue weighted by molar-refractivity contribution is 0.0757. The number of urea groups is 1. The highest BCUT2D eigenvalue weighted by molar-refractivity contribution is 7.10. The maximum Gasteiger partial charge on any atom is 0.322 e. The lowest BCUT2D eigenvalue weighted by Crippen LogP contribution is -2.49. The number of nitrogens with one attached hydrogen (secondary N) is 1. The molecule has 1 saturated heterocycles. The average molecular weight is 533 g/mol. The number of piperidine rings is 1. The zero-order chi connectivity index (χ0) is 26.1. The zero-order valence-corrected chi connectivity index (χ0v) is 22.4. The summed E-state index contributed by atoms with van der Waals surface area (Å²) in [6.07, 6.45) is 5.75. The first kappa shape index (κ1) is 24.7. The maximum atomic E-state index is 13.3. The second kappa shape index (κ2) is 10.6. The summed E-state index contributed by atoms with van der Waals surface area (Å²) in [5, 5.41) is 5.22. The second-order valence-corrected chi connectivity index (χ2v) is 11.0. The third-order valence-electron chi connectivity index (χ3n) is 7.92. The van der Waals surface area contributed by atoms with E-state index in [0.29, 0.717) is 25.3 Å². The number of methoxy groups -OCH3 is 1. The van der Waals surface area contributed by atoms with Gasteiger partial charge in [-0.3, -0.25) is 4.79 Å². The van der Waals surface area contributed by atoms with Gasteiger partial charge in [-0.25, -0.2) is 14.8 Å². The van der Waals surface area contributed by atoms with Gasteiger partial charge in [0.25, 0.3) is 5.91 Å². The van der Waals surface area contributed by atoms with E-state index >= 15 is 0 Å². The van der Waals surface area contributed by atoms with Crippen LogP contribution >= 0.6 is 11.3 Å². The number of amides is 3. The monoisotopic (exact) mass is 532 g/mol. The van der Waals surface area contributed by atoms with Gasteiger partial charge in [-0.2, -0.15) is 0 Å². The Balaban J connectivity index is 1.08. The smallest absolute Gasteiger partial charge is 0.322 e. The summed E-state index contributed by atoms with van der Waals surface area (Å²) < 4.78 is 5.35. The molecule has 3 amide bonds. The van der Waals surface area contributed by atoms with Crippen LogP contribution in [0.1, 0.15) is 39.3 Å². The molecule has 198 valence electrons. The molecule has 9 nitrogen and oxygen atoms in total. The summed E-state index contributed by atoms with van der Waals surface area (Å²) in [5.74, 6) is 1.54. The molecular formula is C28H32N6O3S. The molecule has 3 aromatic rings. The fourth-order valence-electron chi connectivity index (χ4n) is 5.73. The van der Waals surface area contributed by atoms with Crippen LogP contribution < -0.4 is 15.0 Å². The molecule has 0 spiro atoms. The van der Waals surface area contributed by atoms with Crippen LogP contribution in [0.4, 0.5) is 16.3 Å². The number of hydrogen-bond donors (Lipinski definition) is 1. The number of carbonyl (C=O) groups is 2. The molecule has 1 aromatic carbocycles. The van der Waals surface area contributed by atoms with Crippen molar-refractivity contribution in [1.82, 2.24) is 19.8 Å². The number of hydrogen-bond acceptors (Lipinski definition) is 7. The van der Waals surface area contributed by atoms with Gasteiger partial charge in [-0.05, 0) is 72.9 Å². The Hall–Kier alpha value is -3.66. The Morgan fingerprint density at radius 1 is 1.00 bits per heavy atom. The molecule has 5 heterocycles. The molecular weight excluding hydrogens is 500 g/mol. The first-order chi connectivity index (χ1) is 18.6.